The second kappa shape index (κ2) is 5.44. The molecule has 0 radical (unpaired) electrons. The van der Waals surface area contributed by atoms with E-state index in [0.717, 1.165) is 18.4 Å². The molecule has 2 aromatic carbocycles. The van der Waals surface area contributed by atoms with Crippen LogP contribution >= 0.6 is 0 Å². The fraction of sp³-hybridized carbons (Fsp3) is 0.235. The van der Waals surface area contributed by atoms with Gasteiger partial charge in [0, 0.05) is 11.8 Å². The average molecular weight is 354 g/mol. The Hall–Kier alpha value is -2.15. The van der Waals surface area contributed by atoms with Gasteiger partial charge >= 0.3 is 6.18 Å². The molecule has 0 aromatic heterocycles. The number of Topliss-reactive ketones (excluding diaryl/α,β-unsaturated/α-hetero) is 1. The van der Waals surface area contributed by atoms with Gasteiger partial charge in [0.2, 0.25) is 0 Å². The van der Waals surface area contributed by atoms with E-state index in [4.69, 9.17) is 0 Å². The van der Waals surface area contributed by atoms with Gasteiger partial charge in [0.05, 0.1) is 5.56 Å². The van der Waals surface area contributed by atoms with Crippen molar-refractivity contribution in [3.63, 3.8) is 0 Å². The monoisotopic (exact) mass is 354 g/mol. The third-order valence-electron chi connectivity index (χ3n) is 4.14. The predicted molar refractivity (Wildman–Crippen MR) is 83.5 cm³/mol. The van der Waals surface area contributed by atoms with Crippen LogP contribution in [0.5, 0.6) is 0 Å². The molecule has 1 aliphatic rings. The van der Waals surface area contributed by atoms with Gasteiger partial charge in [0.25, 0.3) is 0 Å². The second-order valence-electron chi connectivity index (χ2n) is 5.83. The maximum atomic E-state index is 12.6. The van der Waals surface area contributed by atoms with Gasteiger partial charge in [-0.1, -0.05) is 24.3 Å². The van der Waals surface area contributed by atoms with Crippen LogP contribution in [0.25, 0.3) is 11.1 Å². The summed E-state index contributed by atoms with van der Waals surface area (Å²) in [5, 5.41) is -1.07. The molecule has 126 valence electrons. The first-order valence-electron chi connectivity index (χ1n) is 7.11. The largest absolute Gasteiger partial charge is 0.416 e. The molecule has 0 saturated carbocycles. The summed E-state index contributed by atoms with van der Waals surface area (Å²) < 4.78 is 61.2. The van der Waals surface area contributed by atoms with Gasteiger partial charge in [0.15, 0.2) is 15.6 Å². The Kier molecular flexibility index (Phi) is 3.79. The molecule has 0 fully saturated rings. The third-order valence-corrected chi connectivity index (χ3v) is 5.55. The normalized spacial score (nSPS) is 17.8. The number of fused-ring (bicyclic) bond motifs is 1. The Morgan fingerprint density at radius 1 is 1.00 bits per heavy atom. The summed E-state index contributed by atoms with van der Waals surface area (Å²) in [6, 6.07) is 9.50. The van der Waals surface area contributed by atoms with E-state index in [9.17, 15) is 26.4 Å². The molecule has 0 N–H and O–H groups in total. The summed E-state index contributed by atoms with van der Waals surface area (Å²) in [6.45, 7) is 0. The van der Waals surface area contributed by atoms with E-state index in [1.807, 2.05) is 0 Å². The van der Waals surface area contributed by atoms with Gasteiger partial charge in [-0.3, -0.25) is 4.79 Å². The Morgan fingerprint density at radius 2 is 1.58 bits per heavy atom. The number of carbonyl (C=O) groups excluding carboxylic acids is 1. The topological polar surface area (TPSA) is 51.2 Å². The van der Waals surface area contributed by atoms with Crippen molar-refractivity contribution in [2.24, 2.45) is 0 Å². The van der Waals surface area contributed by atoms with E-state index in [-0.39, 0.29) is 6.42 Å². The number of carbonyl (C=O) groups is 1. The highest BCUT2D eigenvalue weighted by Crippen LogP contribution is 2.33. The molecule has 0 spiro atoms. The van der Waals surface area contributed by atoms with E-state index in [1.165, 1.54) is 12.1 Å². The Labute approximate surface area is 137 Å². The lowest BCUT2D eigenvalue weighted by molar-refractivity contribution is -0.137. The number of alkyl halides is 3. The van der Waals surface area contributed by atoms with Crippen molar-refractivity contribution in [1.82, 2.24) is 0 Å². The minimum absolute atomic E-state index is 0.139. The number of hydrogen-bond acceptors (Lipinski definition) is 3. The standard InChI is InChI=1S/C17H13F3O3S/c1-24(22,23)15-9-12-3-2-11(8-14(12)16(15)21)10-4-6-13(7-5-10)17(18,19)20/h2-8,15H,9H2,1H3. The van der Waals surface area contributed by atoms with Gasteiger partial charge in [0.1, 0.15) is 5.25 Å². The summed E-state index contributed by atoms with van der Waals surface area (Å²) >= 11 is 0. The molecule has 24 heavy (non-hydrogen) atoms. The van der Waals surface area contributed by atoms with E-state index in [2.05, 4.69) is 0 Å². The van der Waals surface area contributed by atoms with Crippen LogP contribution in [0.1, 0.15) is 21.5 Å². The quantitative estimate of drug-likeness (QED) is 0.829. The molecule has 0 amide bonds. The second-order valence-corrected chi connectivity index (χ2v) is 8.06. The van der Waals surface area contributed by atoms with Gasteiger partial charge in [-0.15, -0.1) is 0 Å². The SMILES string of the molecule is CS(=O)(=O)C1Cc2ccc(-c3ccc(C(F)(F)F)cc3)cc2C1=O. The van der Waals surface area contributed by atoms with Gasteiger partial charge in [-0.05, 0) is 41.3 Å². The molecular formula is C17H13F3O3S. The number of halogens is 3. The molecule has 2 aromatic rings. The van der Waals surface area contributed by atoms with Crippen molar-refractivity contribution in [1.29, 1.82) is 0 Å². The summed E-state index contributed by atoms with van der Waals surface area (Å²) in [5.41, 5.74) is 1.32. The molecule has 7 heteroatoms. The first-order valence-corrected chi connectivity index (χ1v) is 9.06. The smallest absolute Gasteiger partial charge is 0.293 e. The van der Waals surface area contributed by atoms with Crippen LogP contribution in [0.4, 0.5) is 13.2 Å². The summed E-state index contributed by atoms with van der Waals surface area (Å²) in [5.74, 6) is -0.457. The highest BCUT2D eigenvalue weighted by Gasteiger charge is 2.37. The minimum atomic E-state index is -4.41. The maximum Gasteiger partial charge on any atom is 0.416 e. The lowest BCUT2D eigenvalue weighted by atomic mass is 9.99. The molecule has 1 aliphatic carbocycles. The number of hydrogen-bond donors (Lipinski definition) is 0. The molecule has 0 saturated heterocycles. The molecule has 1 atom stereocenters. The zero-order chi connectivity index (χ0) is 17.7. The van der Waals surface area contributed by atoms with Crippen LogP contribution in [-0.2, 0) is 22.4 Å². The van der Waals surface area contributed by atoms with Crippen molar-refractivity contribution in [3.8, 4) is 11.1 Å². The fourth-order valence-electron chi connectivity index (χ4n) is 2.83. The highest BCUT2D eigenvalue weighted by atomic mass is 32.2. The van der Waals surface area contributed by atoms with Crippen LogP contribution in [0, 0.1) is 0 Å². The number of rotatable bonds is 2. The number of ketones is 1. The van der Waals surface area contributed by atoms with E-state index in [0.29, 0.717) is 22.3 Å². The fourth-order valence-corrected chi connectivity index (χ4v) is 3.82. The van der Waals surface area contributed by atoms with Crippen molar-refractivity contribution >= 4 is 15.6 Å². The predicted octanol–water partition coefficient (Wildman–Crippen LogP) is 3.52. The summed E-state index contributed by atoms with van der Waals surface area (Å²) in [4.78, 5) is 12.3. The van der Waals surface area contributed by atoms with Crippen LogP contribution in [0.3, 0.4) is 0 Å². The first kappa shape index (κ1) is 16.7. The van der Waals surface area contributed by atoms with Crippen molar-refractivity contribution in [2.45, 2.75) is 17.8 Å². The van der Waals surface area contributed by atoms with Crippen LogP contribution < -0.4 is 0 Å². The van der Waals surface area contributed by atoms with E-state index in [1.54, 1.807) is 18.2 Å². The summed E-state index contributed by atoms with van der Waals surface area (Å²) in [6.07, 6.45) is -3.24. The highest BCUT2D eigenvalue weighted by molar-refractivity contribution is 7.92. The molecule has 0 heterocycles. The lowest BCUT2D eigenvalue weighted by Crippen LogP contribution is -2.26. The Balaban J connectivity index is 1.97. The van der Waals surface area contributed by atoms with Gasteiger partial charge in [-0.25, -0.2) is 8.42 Å². The van der Waals surface area contributed by atoms with Crippen LogP contribution in [0.15, 0.2) is 42.5 Å². The minimum Gasteiger partial charge on any atom is -0.293 e. The zero-order valence-corrected chi connectivity index (χ0v) is 13.4. The lowest BCUT2D eigenvalue weighted by Gasteiger charge is -2.08. The van der Waals surface area contributed by atoms with Crippen molar-refractivity contribution in [2.75, 3.05) is 6.26 Å². The number of benzene rings is 2. The zero-order valence-electron chi connectivity index (χ0n) is 12.6. The van der Waals surface area contributed by atoms with Crippen LogP contribution in [-0.4, -0.2) is 25.7 Å². The maximum absolute atomic E-state index is 12.6. The van der Waals surface area contributed by atoms with E-state index >= 15 is 0 Å². The Morgan fingerprint density at radius 3 is 2.12 bits per heavy atom. The first-order chi connectivity index (χ1) is 11.1. The van der Waals surface area contributed by atoms with Crippen LogP contribution in [0.2, 0.25) is 0 Å². The molecule has 3 rings (SSSR count). The van der Waals surface area contributed by atoms with E-state index < -0.39 is 32.6 Å². The molecule has 3 nitrogen and oxygen atoms in total. The average Bonchev–Trinajstić information content (AvgIpc) is 2.83. The Bertz CT molecular complexity index is 913. The summed E-state index contributed by atoms with van der Waals surface area (Å²) in [7, 11) is -3.49. The molecule has 0 bridgehead atoms. The molecular weight excluding hydrogens is 341 g/mol. The van der Waals surface area contributed by atoms with Gasteiger partial charge < -0.3 is 0 Å². The molecule has 1 unspecified atom stereocenters. The molecule has 0 aliphatic heterocycles. The third kappa shape index (κ3) is 2.96. The van der Waals surface area contributed by atoms with Crippen molar-refractivity contribution < 1.29 is 26.4 Å². The number of sulfone groups is 1. The van der Waals surface area contributed by atoms with Gasteiger partial charge in [-0.2, -0.15) is 13.2 Å². The van der Waals surface area contributed by atoms with Crippen molar-refractivity contribution in [3.05, 3.63) is 59.2 Å².